The molecule has 1 saturated heterocycles. The molecule has 1 spiro atoms. The lowest BCUT2D eigenvalue weighted by atomic mass is 9.64. The number of sulfonamides is 1. The summed E-state index contributed by atoms with van der Waals surface area (Å²) >= 11 is 0. The number of fused-ring (bicyclic) bond motifs is 4. The molecule has 1 aromatic carbocycles. The molecule has 6 rings (SSSR count). The van der Waals surface area contributed by atoms with Crippen molar-refractivity contribution in [3.8, 4) is 11.1 Å². The Kier molecular flexibility index (Phi) is 6.60. The van der Waals surface area contributed by atoms with Crippen LogP contribution in [0.1, 0.15) is 45.6 Å². The Hall–Kier alpha value is -4.00. The number of nitrogens with zero attached hydrogens (tertiary/aromatic N) is 5. The lowest BCUT2D eigenvalue weighted by Crippen LogP contribution is -2.60. The molecule has 1 aliphatic carbocycles. The number of hydrogen-bond acceptors (Lipinski definition) is 8. The molecular weight excluding hydrogens is 575 g/mol. The number of hydrogen-bond donors (Lipinski definition) is 1. The van der Waals surface area contributed by atoms with Gasteiger partial charge in [0.2, 0.25) is 15.9 Å². The fraction of sp³-hybridized carbons (Fsp3) is 0.467. The van der Waals surface area contributed by atoms with Crippen LogP contribution in [-0.4, -0.2) is 80.4 Å². The van der Waals surface area contributed by atoms with Crippen LogP contribution in [0.5, 0.6) is 0 Å². The third-order valence-electron chi connectivity index (χ3n) is 8.56. The zero-order valence-corrected chi connectivity index (χ0v) is 25.9. The zero-order chi connectivity index (χ0) is 31.1. The highest BCUT2D eigenvalue weighted by Crippen LogP contribution is 2.55. The van der Waals surface area contributed by atoms with Gasteiger partial charge in [-0.15, -0.1) is 0 Å². The van der Waals surface area contributed by atoms with Crippen molar-refractivity contribution < 1.29 is 27.1 Å². The number of benzene rings is 1. The topological polar surface area (TPSA) is 125 Å². The highest BCUT2D eigenvalue weighted by atomic mass is 32.2. The van der Waals surface area contributed by atoms with Crippen molar-refractivity contribution in [2.24, 2.45) is 0 Å². The van der Waals surface area contributed by atoms with Gasteiger partial charge in [0, 0.05) is 61.5 Å². The van der Waals surface area contributed by atoms with Gasteiger partial charge >= 0.3 is 6.09 Å². The van der Waals surface area contributed by atoms with E-state index in [0.29, 0.717) is 35.4 Å². The van der Waals surface area contributed by atoms with Crippen LogP contribution < -0.4 is 14.5 Å². The van der Waals surface area contributed by atoms with Crippen LogP contribution in [-0.2, 0) is 25.0 Å². The van der Waals surface area contributed by atoms with Gasteiger partial charge in [-0.05, 0) is 45.7 Å². The molecule has 4 heterocycles. The maximum atomic E-state index is 15.6. The van der Waals surface area contributed by atoms with E-state index in [1.54, 1.807) is 58.1 Å². The Morgan fingerprint density at radius 1 is 1.16 bits per heavy atom. The summed E-state index contributed by atoms with van der Waals surface area (Å²) in [6, 6.07) is 4.45. The van der Waals surface area contributed by atoms with Gasteiger partial charge in [-0.1, -0.05) is 6.42 Å². The van der Waals surface area contributed by atoms with Gasteiger partial charge < -0.3 is 19.4 Å². The van der Waals surface area contributed by atoms with Gasteiger partial charge in [0.25, 0.3) is 0 Å². The van der Waals surface area contributed by atoms with E-state index >= 15 is 4.39 Å². The molecule has 2 amide bonds. The van der Waals surface area contributed by atoms with E-state index < -0.39 is 32.9 Å². The van der Waals surface area contributed by atoms with Gasteiger partial charge in [-0.3, -0.25) is 14.5 Å². The molecule has 2 aromatic heterocycles. The smallest absolute Gasteiger partial charge is 0.410 e. The molecule has 3 aliphatic rings. The Morgan fingerprint density at radius 3 is 2.47 bits per heavy atom. The molecule has 1 N–H and O–H groups in total. The summed E-state index contributed by atoms with van der Waals surface area (Å²) in [7, 11) is -0.302. The third kappa shape index (κ3) is 4.92. The van der Waals surface area contributed by atoms with Crippen molar-refractivity contribution in [1.29, 1.82) is 0 Å². The van der Waals surface area contributed by atoms with Gasteiger partial charge in [-0.25, -0.2) is 22.6 Å². The van der Waals surface area contributed by atoms with Crippen LogP contribution in [0, 0.1) is 5.82 Å². The molecule has 3 aromatic rings. The summed E-state index contributed by atoms with van der Waals surface area (Å²) in [4.78, 5) is 39.7. The average Bonchev–Trinajstić information content (AvgIpc) is 3.08. The summed E-state index contributed by atoms with van der Waals surface area (Å²) in [6.07, 6.45) is 6.13. The highest BCUT2D eigenvalue weighted by Gasteiger charge is 2.54. The van der Waals surface area contributed by atoms with Crippen molar-refractivity contribution in [1.82, 2.24) is 14.9 Å². The molecule has 1 saturated carbocycles. The number of ether oxygens (including phenoxy) is 1. The highest BCUT2D eigenvalue weighted by molar-refractivity contribution is 7.92. The Morgan fingerprint density at radius 2 is 1.86 bits per heavy atom. The first-order chi connectivity index (χ1) is 20.1. The van der Waals surface area contributed by atoms with Crippen LogP contribution >= 0.6 is 0 Å². The quantitative estimate of drug-likeness (QED) is 0.455. The number of aromatic nitrogens is 2. The van der Waals surface area contributed by atoms with E-state index in [9.17, 15) is 18.0 Å². The van der Waals surface area contributed by atoms with Crippen LogP contribution in [0.15, 0.2) is 30.6 Å². The monoisotopic (exact) mass is 610 g/mol. The standard InChI is InChI=1S/C30H35FN6O5S/c1-29(2,3)42-28(39)35(4)18-15-37(16-18)26-23(34-43(6,40)41)10-17(13-33-26)19-11-20-22(12-21(19)31)32-14-24-25(20)30(8-7-9-30)27(38)36(24)5/h10-14,18,34H,7-9,15-16H2,1-6H3. The molecule has 13 heteroatoms. The molecule has 0 unspecified atom stereocenters. The van der Waals surface area contributed by atoms with E-state index in [1.807, 2.05) is 4.90 Å². The molecule has 0 radical (unpaired) electrons. The minimum Gasteiger partial charge on any atom is -0.444 e. The second-order valence-corrected chi connectivity index (χ2v) is 14.5. The average molecular weight is 611 g/mol. The Bertz CT molecular complexity index is 1780. The number of halogens is 1. The number of carbonyl (C=O) groups is 2. The van der Waals surface area contributed by atoms with Gasteiger partial charge in [0.05, 0.1) is 40.8 Å². The number of rotatable bonds is 5. The molecule has 2 fully saturated rings. The van der Waals surface area contributed by atoms with E-state index in [2.05, 4.69) is 14.7 Å². The van der Waals surface area contributed by atoms with Crippen molar-refractivity contribution in [2.45, 2.75) is 57.1 Å². The summed E-state index contributed by atoms with van der Waals surface area (Å²) in [5, 5.41) is 0.698. The molecule has 2 aliphatic heterocycles. The van der Waals surface area contributed by atoms with Crippen molar-refractivity contribution in [3.63, 3.8) is 0 Å². The second kappa shape index (κ2) is 9.76. The molecule has 0 atom stereocenters. The first kappa shape index (κ1) is 29.1. The predicted octanol–water partition coefficient (Wildman–Crippen LogP) is 4.26. The zero-order valence-electron chi connectivity index (χ0n) is 25.1. The van der Waals surface area contributed by atoms with Crippen molar-refractivity contribution >= 4 is 50.1 Å². The third-order valence-corrected chi connectivity index (χ3v) is 9.15. The van der Waals surface area contributed by atoms with Gasteiger partial charge in [-0.2, -0.15) is 0 Å². The van der Waals surface area contributed by atoms with Crippen molar-refractivity contribution in [2.75, 3.05) is 48.0 Å². The molecule has 11 nitrogen and oxygen atoms in total. The predicted molar refractivity (Wildman–Crippen MR) is 162 cm³/mol. The van der Waals surface area contributed by atoms with E-state index in [0.717, 1.165) is 36.8 Å². The van der Waals surface area contributed by atoms with Gasteiger partial charge in [0.15, 0.2) is 5.82 Å². The SMILES string of the molecule is CN1C(=O)C2(CCC2)c2c1cnc1cc(F)c(-c3cnc(N4CC(N(C)C(=O)OC(C)(C)C)C4)c(NS(C)(=O)=O)c3)cc21. The van der Waals surface area contributed by atoms with E-state index in [1.165, 1.54) is 17.2 Å². The van der Waals surface area contributed by atoms with Crippen LogP contribution in [0.25, 0.3) is 22.0 Å². The summed E-state index contributed by atoms with van der Waals surface area (Å²) in [5.41, 5.74) is 1.59. The lowest BCUT2D eigenvalue weighted by molar-refractivity contribution is -0.125. The number of likely N-dealkylation sites (N-methyl/N-ethyl adjacent to an activating group) is 2. The van der Waals surface area contributed by atoms with Crippen molar-refractivity contribution in [3.05, 3.63) is 42.0 Å². The molecule has 43 heavy (non-hydrogen) atoms. The second-order valence-electron chi connectivity index (χ2n) is 12.8. The summed E-state index contributed by atoms with van der Waals surface area (Å²) < 4.78 is 48.2. The van der Waals surface area contributed by atoms with Crippen LogP contribution in [0.4, 0.5) is 26.4 Å². The maximum absolute atomic E-state index is 15.6. The van der Waals surface area contributed by atoms with E-state index in [-0.39, 0.29) is 23.2 Å². The Balaban J connectivity index is 1.36. The first-order valence-corrected chi connectivity index (χ1v) is 16.1. The van der Waals surface area contributed by atoms with Crippen LogP contribution in [0.3, 0.4) is 0 Å². The normalized spacial score (nSPS) is 18.0. The fourth-order valence-corrected chi connectivity index (χ4v) is 6.75. The Labute approximate surface area is 250 Å². The number of pyridine rings is 2. The summed E-state index contributed by atoms with van der Waals surface area (Å²) in [6.45, 7) is 6.21. The minimum atomic E-state index is -3.70. The van der Waals surface area contributed by atoms with Crippen LogP contribution in [0.2, 0.25) is 0 Å². The number of nitrogens with one attached hydrogen (secondary N) is 1. The first-order valence-electron chi connectivity index (χ1n) is 14.2. The molecular formula is C30H35FN6O5S. The number of anilines is 3. The molecule has 228 valence electrons. The maximum Gasteiger partial charge on any atom is 0.410 e. The fourth-order valence-electron chi connectivity index (χ4n) is 6.20. The minimum absolute atomic E-state index is 0.0322. The number of carbonyl (C=O) groups excluding carboxylic acids is 2. The summed E-state index contributed by atoms with van der Waals surface area (Å²) in [5.74, 6) is -0.139. The molecule has 0 bridgehead atoms. The van der Waals surface area contributed by atoms with Gasteiger partial charge in [0.1, 0.15) is 11.4 Å². The number of amides is 2. The lowest BCUT2D eigenvalue weighted by Gasteiger charge is -2.45. The van der Waals surface area contributed by atoms with E-state index in [4.69, 9.17) is 4.74 Å². The largest absolute Gasteiger partial charge is 0.444 e.